The van der Waals surface area contributed by atoms with Crippen LogP contribution in [0.1, 0.15) is 51.5 Å². The van der Waals surface area contributed by atoms with E-state index in [1.165, 1.54) is 12.8 Å². The summed E-state index contributed by atoms with van der Waals surface area (Å²) < 4.78 is 11.2. The third-order valence-electron chi connectivity index (χ3n) is 5.12. The monoisotopic (exact) mass is 348 g/mol. The smallest absolute Gasteiger partial charge is 0.306 e. The van der Waals surface area contributed by atoms with Gasteiger partial charge in [0.25, 0.3) is 0 Å². The maximum Gasteiger partial charge on any atom is 0.306 e. The summed E-state index contributed by atoms with van der Waals surface area (Å²) in [7, 11) is 0. The molecule has 1 unspecified atom stereocenters. The van der Waals surface area contributed by atoms with E-state index in [0.717, 1.165) is 24.3 Å². The van der Waals surface area contributed by atoms with Crippen LogP contribution >= 0.6 is 0 Å². The Morgan fingerprint density at radius 1 is 1.16 bits per heavy atom. The molecule has 25 heavy (non-hydrogen) atoms. The van der Waals surface area contributed by atoms with Crippen molar-refractivity contribution in [1.82, 2.24) is 0 Å². The summed E-state index contributed by atoms with van der Waals surface area (Å²) >= 11 is 0. The van der Waals surface area contributed by atoms with Crippen LogP contribution in [0.4, 0.5) is 0 Å². The molecule has 4 heteroatoms. The van der Waals surface area contributed by atoms with E-state index >= 15 is 0 Å². The number of hydrogen-bond donors (Lipinski definition) is 1. The second kappa shape index (κ2) is 9.93. The summed E-state index contributed by atoms with van der Waals surface area (Å²) in [6.45, 7) is 5.12. The first-order valence-electron chi connectivity index (χ1n) is 9.39. The molecule has 0 spiro atoms. The van der Waals surface area contributed by atoms with E-state index in [4.69, 9.17) is 9.47 Å². The van der Waals surface area contributed by atoms with Gasteiger partial charge in [0, 0.05) is 11.8 Å². The van der Waals surface area contributed by atoms with Gasteiger partial charge in [-0.05, 0) is 30.2 Å². The van der Waals surface area contributed by atoms with Crippen LogP contribution in [0.25, 0.3) is 0 Å². The molecule has 1 fully saturated rings. The van der Waals surface area contributed by atoms with Gasteiger partial charge in [-0.2, -0.15) is 0 Å². The number of hydrogen-bond acceptors (Lipinski definition) is 4. The highest BCUT2D eigenvalue weighted by Crippen LogP contribution is 2.30. The van der Waals surface area contributed by atoms with Crippen LogP contribution in [0.15, 0.2) is 30.3 Å². The summed E-state index contributed by atoms with van der Waals surface area (Å²) in [6, 6.07) is 9.91. The average Bonchev–Trinajstić information content (AvgIpc) is 2.63. The Kier molecular flexibility index (Phi) is 7.91. The summed E-state index contributed by atoms with van der Waals surface area (Å²) in [6.07, 6.45) is 5.15. The fourth-order valence-electron chi connectivity index (χ4n) is 3.21. The lowest BCUT2D eigenvalue weighted by Gasteiger charge is -2.28. The maximum absolute atomic E-state index is 12.1. The number of rotatable bonds is 9. The summed E-state index contributed by atoms with van der Waals surface area (Å²) in [5.41, 5.74) is 0.525. The third kappa shape index (κ3) is 7.17. The molecule has 1 aliphatic rings. The number of carbonyl (C=O) groups excluding carboxylic acids is 1. The van der Waals surface area contributed by atoms with Gasteiger partial charge in [0.2, 0.25) is 0 Å². The van der Waals surface area contributed by atoms with Crippen molar-refractivity contribution in [3.8, 4) is 0 Å². The van der Waals surface area contributed by atoms with Crippen LogP contribution in [0.2, 0.25) is 0 Å². The van der Waals surface area contributed by atoms with E-state index in [-0.39, 0.29) is 19.2 Å². The molecule has 1 atom stereocenters. The molecule has 4 nitrogen and oxygen atoms in total. The molecule has 1 aromatic carbocycles. The SMILES string of the molecule is CC1CCC(CC(=O)OCC(C)(CO)COCc2ccccc2)CC1. The zero-order chi connectivity index (χ0) is 18.1. The van der Waals surface area contributed by atoms with Crippen LogP contribution in [-0.2, 0) is 20.9 Å². The van der Waals surface area contributed by atoms with Gasteiger partial charge in [-0.25, -0.2) is 0 Å². The molecule has 1 N–H and O–H groups in total. The number of aliphatic hydroxyl groups excluding tert-OH is 1. The highest BCUT2D eigenvalue weighted by atomic mass is 16.5. The molecule has 1 saturated carbocycles. The van der Waals surface area contributed by atoms with Gasteiger partial charge in [0.1, 0.15) is 6.61 Å². The van der Waals surface area contributed by atoms with E-state index in [1.807, 2.05) is 37.3 Å². The first-order valence-corrected chi connectivity index (χ1v) is 9.39. The lowest BCUT2D eigenvalue weighted by molar-refractivity contribution is -0.151. The number of esters is 1. The van der Waals surface area contributed by atoms with E-state index < -0.39 is 5.41 Å². The Morgan fingerprint density at radius 2 is 1.84 bits per heavy atom. The van der Waals surface area contributed by atoms with Crippen molar-refractivity contribution in [2.75, 3.05) is 19.8 Å². The molecule has 140 valence electrons. The Balaban J connectivity index is 1.69. The van der Waals surface area contributed by atoms with Crippen molar-refractivity contribution in [3.05, 3.63) is 35.9 Å². The molecule has 0 amide bonds. The Labute approximate surface area is 151 Å². The number of aliphatic hydroxyl groups is 1. The lowest BCUT2D eigenvalue weighted by Crippen LogP contribution is -2.34. The molecular formula is C21H32O4. The normalized spacial score (nSPS) is 23.0. The molecule has 1 aromatic rings. The van der Waals surface area contributed by atoms with Gasteiger partial charge in [-0.15, -0.1) is 0 Å². The van der Waals surface area contributed by atoms with Gasteiger partial charge in [-0.1, -0.05) is 57.0 Å². The Bertz CT molecular complexity index is 508. The van der Waals surface area contributed by atoms with E-state index in [0.29, 0.717) is 25.6 Å². The minimum absolute atomic E-state index is 0.0734. The predicted molar refractivity (Wildman–Crippen MR) is 98.0 cm³/mol. The van der Waals surface area contributed by atoms with Gasteiger partial charge in [0.15, 0.2) is 0 Å². The number of carbonyl (C=O) groups is 1. The molecule has 0 aliphatic heterocycles. The maximum atomic E-state index is 12.1. The first-order chi connectivity index (χ1) is 12.0. The molecular weight excluding hydrogens is 316 g/mol. The highest BCUT2D eigenvalue weighted by molar-refractivity contribution is 5.69. The lowest BCUT2D eigenvalue weighted by atomic mass is 9.81. The standard InChI is InChI=1S/C21H32O4/c1-17-8-10-18(11-9-17)12-20(23)25-16-21(2,14-22)15-24-13-19-6-4-3-5-7-19/h3-7,17-18,22H,8-16H2,1-2H3. The summed E-state index contributed by atoms with van der Waals surface area (Å²) in [5, 5.41) is 9.67. The molecule has 0 radical (unpaired) electrons. The van der Waals surface area contributed by atoms with Crippen LogP contribution in [0.3, 0.4) is 0 Å². The van der Waals surface area contributed by atoms with Gasteiger partial charge in [0.05, 0.1) is 19.8 Å². The zero-order valence-corrected chi connectivity index (χ0v) is 15.6. The van der Waals surface area contributed by atoms with Gasteiger partial charge in [-0.3, -0.25) is 4.79 Å². The molecule has 2 rings (SSSR count). The van der Waals surface area contributed by atoms with Gasteiger partial charge < -0.3 is 14.6 Å². The predicted octanol–water partition coefficient (Wildman–Crippen LogP) is 3.96. The summed E-state index contributed by atoms with van der Waals surface area (Å²) in [5.74, 6) is 1.09. The highest BCUT2D eigenvalue weighted by Gasteiger charge is 2.27. The number of benzene rings is 1. The van der Waals surface area contributed by atoms with Crippen LogP contribution in [0, 0.1) is 17.3 Å². The van der Waals surface area contributed by atoms with Crippen molar-refractivity contribution in [3.63, 3.8) is 0 Å². The van der Waals surface area contributed by atoms with Crippen LogP contribution < -0.4 is 0 Å². The topological polar surface area (TPSA) is 55.8 Å². The second-order valence-corrected chi connectivity index (χ2v) is 7.94. The molecule has 0 bridgehead atoms. The first kappa shape index (κ1) is 19.9. The average molecular weight is 348 g/mol. The fourth-order valence-corrected chi connectivity index (χ4v) is 3.21. The zero-order valence-electron chi connectivity index (χ0n) is 15.6. The molecule has 0 aromatic heterocycles. The van der Waals surface area contributed by atoms with Crippen molar-refractivity contribution in [1.29, 1.82) is 0 Å². The van der Waals surface area contributed by atoms with E-state index in [1.54, 1.807) is 0 Å². The van der Waals surface area contributed by atoms with Crippen molar-refractivity contribution in [2.45, 2.75) is 52.6 Å². The second-order valence-electron chi connectivity index (χ2n) is 7.94. The van der Waals surface area contributed by atoms with Gasteiger partial charge >= 0.3 is 5.97 Å². The molecule has 0 saturated heterocycles. The van der Waals surface area contributed by atoms with E-state index in [9.17, 15) is 9.90 Å². The van der Waals surface area contributed by atoms with Crippen molar-refractivity contribution < 1.29 is 19.4 Å². The minimum Gasteiger partial charge on any atom is -0.465 e. The van der Waals surface area contributed by atoms with Crippen molar-refractivity contribution >= 4 is 5.97 Å². The number of ether oxygens (including phenoxy) is 2. The van der Waals surface area contributed by atoms with Crippen molar-refractivity contribution in [2.24, 2.45) is 17.3 Å². The summed E-state index contributed by atoms with van der Waals surface area (Å²) in [4.78, 5) is 12.1. The largest absolute Gasteiger partial charge is 0.465 e. The fraction of sp³-hybridized carbons (Fsp3) is 0.667. The quantitative estimate of drug-likeness (QED) is 0.686. The van der Waals surface area contributed by atoms with Crippen LogP contribution in [0.5, 0.6) is 0 Å². The molecule has 0 heterocycles. The third-order valence-corrected chi connectivity index (χ3v) is 5.12. The van der Waals surface area contributed by atoms with E-state index in [2.05, 4.69) is 6.92 Å². The Morgan fingerprint density at radius 3 is 2.48 bits per heavy atom. The van der Waals surface area contributed by atoms with Crippen LogP contribution in [-0.4, -0.2) is 30.9 Å². The Hall–Kier alpha value is -1.39. The molecule has 1 aliphatic carbocycles. The minimum atomic E-state index is -0.564.